The maximum absolute atomic E-state index is 11.2. The Morgan fingerprint density at radius 2 is 1.95 bits per heavy atom. The van der Waals surface area contributed by atoms with Crippen molar-refractivity contribution in [3.8, 4) is 11.4 Å². The number of aromatic nitrogens is 2. The molecule has 0 amide bonds. The van der Waals surface area contributed by atoms with E-state index in [2.05, 4.69) is 11.7 Å². The molecule has 0 atom stereocenters. The van der Waals surface area contributed by atoms with Crippen LogP contribution in [0.15, 0.2) is 47.4 Å². The molecule has 106 valence electrons. The highest BCUT2D eigenvalue weighted by Crippen LogP contribution is 2.27. The zero-order chi connectivity index (χ0) is 15.0. The second-order valence-electron chi connectivity index (χ2n) is 4.53. The summed E-state index contributed by atoms with van der Waals surface area (Å²) in [6.45, 7) is 3.29. The van der Waals surface area contributed by atoms with Crippen molar-refractivity contribution in [2.75, 3.05) is 6.26 Å². The number of imidazole rings is 1. The van der Waals surface area contributed by atoms with E-state index in [-0.39, 0.29) is 0 Å². The lowest BCUT2D eigenvalue weighted by Gasteiger charge is -2.03. The van der Waals surface area contributed by atoms with E-state index in [0.717, 1.165) is 15.2 Å². The molecule has 21 heavy (non-hydrogen) atoms. The highest BCUT2D eigenvalue weighted by Gasteiger charge is 2.14. The number of benzene rings is 2. The lowest BCUT2D eigenvalue weighted by atomic mass is 10.2. The zero-order valence-corrected chi connectivity index (χ0v) is 12.2. The maximum Gasteiger partial charge on any atom is 0.218 e. The van der Waals surface area contributed by atoms with Crippen LogP contribution >= 0.6 is 11.8 Å². The fourth-order valence-electron chi connectivity index (χ4n) is 2.13. The number of nitrogens with zero attached hydrogens (tertiary/aromatic N) is 3. The van der Waals surface area contributed by atoms with Gasteiger partial charge in [0.25, 0.3) is 0 Å². The van der Waals surface area contributed by atoms with Gasteiger partial charge >= 0.3 is 0 Å². The third-order valence-corrected chi connectivity index (χ3v) is 3.99. The summed E-state index contributed by atoms with van der Waals surface area (Å²) >= 11 is 1.65. The van der Waals surface area contributed by atoms with Crippen LogP contribution in [-0.4, -0.2) is 32.6 Å². The van der Waals surface area contributed by atoms with Gasteiger partial charge in [0.15, 0.2) is 5.82 Å². The molecule has 5 nitrogen and oxygen atoms in total. The van der Waals surface area contributed by atoms with Gasteiger partial charge in [-0.05, 0) is 24.5 Å². The lowest BCUT2D eigenvalue weighted by molar-refractivity contribution is -0.349. The summed E-state index contributed by atoms with van der Waals surface area (Å²) in [7, 11) is 0. The van der Waals surface area contributed by atoms with Crippen LogP contribution in [0, 0.1) is 5.21 Å². The minimum atomic E-state index is 0.363. The molecule has 3 rings (SSSR count). The topological polar surface area (TPSA) is 64.1 Å². The van der Waals surface area contributed by atoms with E-state index in [9.17, 15) is 10.4 Å². The third-order valence-electron chi connectivity index (χ3n) is 3.25. The van der Waals surface area contributed by atoms with Gasteiger partial charge in [-0.1, -0.05) is 12.1 Å². The lowest BCUT2D eigenvalue weighted by Crippen LogP contribution is -1.95. The van der Waals surface area contributed by atoms with E-state index in [1.807, 2.05) is 30.5 Å². The van der Waals surface area contributed by atoms with Gasteiger partial charge in [0.05, 0.1) is 5.52 Å². The molecule has 1 N–H and O–H groups in total. The normalized spacial score (nSPS) is 10.9. The standard InChI is InChI=1S/C15H13N3O2S/c1-17(19)11-5-8-13-14(9-11)18(20)15(16-13)10-3-6-12(21-2)7-4-10/h3-9,20H,1H2,2H3. The molecule has 0 aliphatic heterocycles. The van der Waals surface area contributed by atoms with Crippen molar-refractivity contribution in [1.29, 1.82) is 0 Å². The predicted molar refractivity (Wildman–Crippen MR) is 84.5 cm³/mol. The Kier molecular flexibility index (Phi) is 3.31. The van der Waals surface area contributed by atoms with Crippen LogP contribution in [0.1, 0.15) is 0 Å². The van der Waals surface area contributed by atoms with Gasteiger partial charge in [-0.2, -0.15) is 9.47 Å². The van der Waals surface area contributed by atoms with Crippen LogP contribution in [0.3, 0.4) is 0 Å². The van der Waals surface area contributed by atoms with E-state index in [4.69, 9.17) is 0 Å². The van der Waals surface area contributed by atoms with Crippen molar-refractivity contribution >= 4 is 35.2 Å². The Balaban J connectivity index is 2.14. The molecule has 0 unspecified atom stereocenters. The van der Waals surface area contributed by atoms with Crippen molar-refractivity contribution < 1.29 is 9.95 Å². The summed E-state index contributed by atoms with van der Waals surface area (Å²) < 4.78 is 1.50. The summed E-state index contributed by atoms with van der Waals surface area (Å²) in [5, 5.41) is 21.5. The molecule has 0 saturated heterocycles. The number of rotatable bonds is 3. The molecule has 1 heterocycles. The van der Waals surface area contributed by atoms with E-state index >= 15 is 0 Å². The quantitative estimate of drug-likeness (QED) is 0.201. The molecule has 0 aliphatic carbocycles. The van der Waals surface area contributed by atoms with Crippen LogP contribution in [0.5, 0.6) is 0 Å². The number of hydrogen-bond acceptors (Lipinski definition) is 4. The molecule has 3 aromatic rings. The van der Waals surface area contributed by atoms with E-state index < -0.39 is 0 Å². The SMILES string of the molecule is C=[N+]([O-])c1ccc2nc(-c3ccc(SC)cc3)n(O)c2c1. The fourth-order valence-corrected chi connectivity index (χ4v) is 2.54. The Bertz CT molecular complexity index is 825. The van der Waals surface area contributed by atoms with Crippen LogP contribution in [0.4, 0.5) is 5.69 Å². The minimum absolute atomic E-state index is 0.363. The molecular weight excluding hydrogens is 286 g/mol. The highest BCUT2D eigenvalue weighted by atomic mass is 32.2. The molecule has 0 spiro atoms. The molecule has 0 aliphatic rings. The molecule has 0 saturated carbocycles. The van der Waals surface area contributed by atoms with Gasteiger partial charge in [0, 0.05) is 22.6 Å². The highest BCUT2D eigenvalue weighted by molar-refractivity contribution is 7.98. The van der Waals surface area contributed by atoms with Crippen molar-refractivity contribution in [2.45, 2.75) is 4.90 Å². The molecule has 6 heteroatoms. The molecule has 2 aromatic carbocycles. The van der Waals surface area contributed by atoms with Crippen LogP contribution in [-0.2, 0) is 0 Å². The molecule has 0 bridgehead atoms. The van der Waals surface area contributed by atoms with E-state index in [0.29, 0.717) is 27.3 Å². The zero-order valence-electron chi connectivity index (χ0n) is 11.4. The molecule has 0 fully saturated rings. The van der Waals surface area contributed by atoms with Crippen molar-refractivity contribution in [3.05, 3.63) is 47.7 Å². The van der Waals surface area contributed by atoms with Crippen molar-refractivity contribution in [2.24, 2.45) is 0 Å². The second-order valence-corrected chi connectivity index (χ2v) is 5.41. The number of fused-ring (bicyclic) bond motifs is 1. The molecular formula is C15H13N3O2S. The average molecular weight is 299 g/mol. The summed E-state index contributed by atoms with van der Waals surface area (Å²) in [4.78, 5) is 5.54. The summed E-state index contributed by atoms with van der Waals surface area (Å²) in [5.74, 6) is 0.441. The van der Waals surface area contributed by atoms with Gasteiger partial charge in [-0.15, -0.1) is 11.8 Å². The first kappa shape index (κ1) is 13.5. The molecule has 1 aromatic heterocycles. The predicted octanol–water partition coefficient (Wildman–Crippen LogP) is 3.50. The van der Waals surface area contributed by atoms with Gasteiger partial charge < -0.3 is 10.4 Å². The minimum Gasteiger partial charge on any atom is -0.619 e. The van der Waals surface area contributed by atoms with Crippen LogP contribution in [0.25, 0.3) is 22.4 Å². The number of hydrogen-bond donors (Lipinski definition) is 1. The summed E-state index contributed by atoms with van der Waals surface area (Å²) in [5.41, 5.74) is 2.26. The smallest absolute Gasteiger partial charge is 0.218 e. The Morgan fingerprint density at radius 3 is 2.57 bits per heavy atom. The first-order chi connectivity index (χ1) is 10.1. The number of thioether (sulfide) groups is 1. The first-order valence-electron chi connectivity index (χ1n) is 6.24. The van der Waals surface area contributed by atoms with Crippen LogP contribution < -0.4 is 0 Å². The Labute approximate surface area is 125 Å². The molecule has 0 radical (unpaired) electrons. The van der Waals surface area contributed by atoms with Gasteiger partial charge in [-0.25, -0.2) is 4.98 Å². The van der Waals surface area contributed by atoms with Crippen molar-refractivity contribution in [1.82, 2.24) is 9.71 Å². The monoisotopic (exact) mass is 299 g/mol. The van der Waals surface area contributed by atoms with Gasteiger partial charge in [-0.3, -0.25) is 0 Å². The summed E-state index contributed by atoms with van der Waals surface area (Å²) in [6.07, 6.45) is 2.01. The van der Waals surface area contributed by atoms with E-state index in [1.54, 1.807) is 30.0 Å². The Morgan fingerprint density at radius 1 is 1.24 bits per heavy atom. The van der Waals surface area contributed by atoms with E-state index in [1.165, 1.54) is 0 Å². The maximum atomic E-state index is 11.2. The van der Waals surface area contributed by atoms with Gasteiger partial charge in [0.2, 0.25) is 5.69 Å². The van der Waals surface area contributed by atoms with Gasteiger partial charge in [0.1, 0.15) is 12.2 Å². The average Bonchev–Trinajstić information content (AvgIpc) is 2.84. The largest absolute Gasteiger partial charge is 0.619 e. The summed E-state index contributed by atoms with van der Waals surface area (Å²) in [6, 6.07) is 12.6. The third kappa shape index (κ3) is 2.34. The van der Waals surface area contributed by atoms with Crippen molar-refractivity contribution in [3.63, 3.8) is 0 Å². The first-order valence-corrected chi connectivity index (χ1v) is 7.46. The fraction of sp³-hybridized carbons (Fsp3) is 0.0667. The second kappa shape index (κ2) is 5.14. The Hall–Kier alpha value is -2.47. The van der Waals surface area contributed by atoms with Crippen LogP contribution in [0.2, 0.25) is 0 Å².